The van der Waals surface area contributed by atoms with Crippen molar-refractivity contribution in [2.24, 2.45) is 0 Å². The number of rotatable bonds is 6. The van der Waals surface area contributed by atoms with E-state index in [1.54, 1.807) is 18.2 Å². The molecule has 0 bridgehead atoms. The lowest BCUT2D eigenvalue weighted by atomic mass is 10.2. The first-order chi connectivity index (χ1) is 11.4. The van der Waals surface area contributed by atoms with Crippen LogP contribution < -0.4 is 4.74 Å². The van der Waals surface area contributed by atoms with E-state index in [4.69, 9.17) is 9.84 Å². The van der Waals surface area contributed by atoms with Crippen molar-refractivity contribution in [2.75, 3.05) is 20.3 Å². The zero-order valence-electron chi connectivity index (χ0n) is 12.6. The summed E-state index contributed by atoms with van der Waals surface area (Å²) in [5.74, 6) is -2.07. The molecule has 0 spiro atoms. The van der Waals surface area contributed by atoms with E-state index in [1.807, 2.05) is 0 Å². The van der Waals surface area contributed by atoms with Crippen LogP contribution >= 0.6 is 11.8 Å². The number of aliphatic carboxylic acids is 1. The first kappa shape index (κ1) is 17.5. The van der Waals surface area contributed by atoms with Gasteiger partial charge in [-0.25, -0.2) is 4.79 Å². The van der Waals surface area contributed by atoms with Gasteiger partial charge in [0, 0.05) is 0 Å². The summed E-state index contributed by atoms with van der Waals surface area (Å²) in [6.45, 7) is -0.931. The molecule has 2 amide bonds. The fraction of sp³-hybridized carbons (Fsp3) is 0.200. The predicted octanol–water partition coefficient (Wildman–Crippen LogP) is 1.36. The second-order valence-corrected chi connectivity index (χ2v) is 5.59. The average Bonchev–Trinajstić information content (AvgIpc) is 2.80. The van der Waals surface area contributed by atoms with E-state index in [1.165, 1.54) is 19.3 Å². The third kappa shape index (κ3) is 4.35. The van der Waals surface area contributed by atoms with Crippen LogP contribution in [0.1, 0.15) is 5.56 Å². The molecule has 24 heavy (non-hydrogen) atoms. The monoisotopic (exact) mass is 351 g/mol. The van der Waals surface area contributed by atoms with Gasteiger partial charge in [0.25, 0.3) is 11.1 Å². The highest BCUT2D eigenvalue weighted by Crippen LogP contribution is 2.32. The van der Waals surface area contributed by atoms with Crippen LogP contribution in [-0.2, 0) is 19.1 Å². The van der Waals surface area contributed by atoms with Crippen LogP contribution in [0.5, 0.6) is 5.75 Å². The number of methoxy groups -OCH3 is 1. The van der Waals surface area contributed by atoms with Crippen LogP contribution in [0.15, 0.2) is 29.2 Å². The maximum absolute atomic E-state index is 12.2. The van der Waals surface area contributed by atoms with E-state index in [0.717, 1.165) is 4.90 Å². The minimum atomic E-state index is -1.11. The van der Waals surface area contributed by atoms with Gasteiger partial charge in [-0.3, -0.25) is 19.3 Å². The third-order valence-corrected chi connectivity index (χ3v) is 3.81. The number of imide groups is 1. The average molecular weight is 351 g/mol. The van der Waals surface area contributed by atoms with Gasteiger partial charge >= 0.3 is 11.9 Å². The van der Waals surface area contributed by atoms with Gasteiger partial charge in [0.05, 0.1) is 12.0 Å². The first-order valence-corrected chi connectivity index (χ1v) is 7.49. The van der Waals surface area contributed by atoms with Gasteiger partial charge in [-0.05, 0) is 35.5 Å². The largest absolute Gasteiger partial charge is 0.482 e. The molecule has 1 aliphatic heterocycles. The molecule has 0 unspecified atom stereocenters. The summed E-state index contributed by atoms with van der Waals surface area (Å²) in [6, 6.07) is 6.41. The fourth-order valence-corrected chi connectivity index (χ4v) is 2.66. The minimum Gasteiger partial charge on any atom is -0.482 e. The SMILES string of the molecule is COC(=O)CN1C(=O)S/C(=C/c2cccc(OCC(=O)O)c2)C1=O. The lowest BCUT2D eigenvalue weighted by Crippen LogP contribution is -2.34. The van der Waals surface area contributed by atoms with Gasteiger partial charge in [0.15, 0.2) is 6.61 Å². The van der Waals surface area contributed by atoms with Crippen molar-refractivity contribution >= 4 is 40.9 Å². The zero-order valence-corrected chi connectivity index (χ0v) is 13.4. The van der Waals surface area contributed by atoms with Crippen molar-refractivity contribution in [3.05, 3.63) is 34.7 Å². The van der Waals surface area contributed by atoms with Gasteiger partial charge in [-0.1, -0.05) is 12.1 Å². The summed E-state index contributed by atoms with van der Waals surface area (Å²) in [5.41, 5.74) is 0.557. The molecule has 1 N–H and O–H groups in total. The maximum Gasteiger partial charge on any atom is 0.341 e. The number of thioether (sulfide) groups is 1. The number of carbonyl (C=O) groups is 4. The second kappa shape index (κ2) is 7.64. The Kier molecular flexibility index (Phi) is 5.59. The lowest BCUT2D eigenvalue weighted by molar-refractivity contribution is -0.143. The van der Waals surface area contributed by atoms with Gasteiger partial charge in [0.1, 0.15) is 12.3 Å². The highest BCUT2D eigenvalue weighted by molar-refractivity contribution is 8.18. The molecule has 2 rings (SSSR count). The number of esters is 1. The van der Waals surface area contributed by atoms with Crippen molar-refractivity contribution in [3.63, 3.8) is 0 Å². The summed E-state index contributed by atoms with van der Waals surface area (Å²) < 4.78 is 9.50. The van der Waals surface area contributed by atoms with Crippen molar-refractivity contribution < 1.29 is 33.8 Å². The van der Waals surface area contributed by atoms with Crippen molar-refractivity contribution in [1.82, 2.24) is 4.90 Å². The number of amides is 2. The summed E-state index contributed by atoms with van der Waals surface area (Å²) in [5, 5.41) is 8.03. The zero-order chi connectivity index (χ0) is 17.7. The summed E-state index contributed by atoms with van der Waals surface area (Å²) >= 11 is 0.709. The Balaban J connectivity index is 2.15. The number of carbonyl (C=O) groups excluding carboxylic acids is 3. The van der Waals surface area contributed by atoms with E-state index < -0.39 is 36.2 Å². The smallest absolute Gasteiger partial charge is 0.341 e. The summed E-state index contributed by atoms with van der Waals surface area (Å²) in [4.78, 5) is 46.7. The number of hydrogen-bond donors (Lipinski definition) is 1. The Labute approximate surface area is 141 Å². The van der Waals surface area contributed by atoms with Crippen LogP contribution in [-0.4, -0.2) is 53.4 Å². The maximum atomic E-state index is 12.2. The predicted molar refractivity (Wildman–Crippen MR) is 84.3 cm³/mol. The van der Waals surface area contributed by atoms with Crippen LogP contribution in [0.25, 0.3) is 6.08 Å². The fourth-order valence-electron chi connectivity index (χ4n) is 1.82. The Bertz CT molecular complexity index is 728. The minimum absolute atomic E-state index is 0.152. The number of carboxylic acids is 1. The molecule has 1 saturated heterocycles. The summed E-state index contributed by atoms with van der Waals surface area (Å²) in [6.07, 6.45) is 1.47. The Morgan fingerprint density at radius 2 is 2.08 bits per heavy atom. The molecule has 0 aromatic heterocycles. The molecule has 0 aliphatic carbocycles. The van der Waals surface area contributed by atoms with Gasteiger partial charge in [-0.15, -0.1) is 0 Å². The van der Waals surface area contributed by atoms with Gasteiger partial charge in [-0.2, -0.15) is 0 Å². The van der Waals surface area contributed by atoms with Crippen LogP contribution in [0.4, 0.5) is 4.79 Å². The highest BCUT2D eigenvalue weighted by atomic mass is 32.2. The number of carboxylic acid groups (broad SMARTS) is 1. The molecule has 8 nitrogen and oxygen atoms in total. The molecule has 126 valence electrons. The van der Waals surface area contributed by atoms with Gasteiger partial charge in [0.2, 0.25) is 0 Å². The quantitative estimate of drug-likeness (QED) is 0.604. The topological polar surface area (TPSA) is 110 Å². The van der Waals surface area contributed by atoms with Gasteiger partial charge < -0.3 is 14.6 Å². The Morgan fingerprint density at radius 3 is 2.75 bits per heavy atom. The van der Waals surface area contributed by atoms with Crippen molar-refractivity contribution in [3.8, 4) is 5.75 Å². The number of benzene rings is 1. The van der Waals surface area contributed by atoms with Crippen LogP contribution in [0.3, 0.4) is 0 Å². The van der Waals surface area contributed by atoms with Crippen LogP contribution in [0.2, 0.25) is 0 Å². The van der Waals surface area contributed by atoms with Crippen molar-refractivity contribution in [2.45, 2.75) is 0 Å². The molecular formula is C15H13NO7S. The molecule has 1 aromatic rings. The number of ether oxygens (including phenoxy) is 2. The van der Waals surface area contributed by atoms with Crippen LogP contribution in [0, 0.1) is 0 Å². The molecule has 9 heteroatoms. The van der Waals surface area contributed by atoms with E-state index in [2.05, 4.69) is 4.74 Å². The van der Waals surface area contributed by atoms with E-state index in [-0.39, 0.29) is 4.91 Å². The molecular weight excluding hydrogens is 338 g/mol. The molecule has 1 aromatic carbocycles. The normalized spacial score (nSPS) is 15.7. The second-order valence-electron chi connectivity index (χ2n) is 4.60. The standard InChI is InChI=1S/C15H13NO7S/c1-22-13(19)7-16-14(20)11(24-15(16)21)6-9-3-2-4-10(5-9)23-8-12(17)18/h2-6H,7-8H2,1H3,(H,17,18)/b11-6+. The molecule has 1 aliphatic rings. The van der Waals surface area contributed by atoms with E-state index in [9.17, 15) is 19.2 Å². The number of nitrogens with zero attached hydrogens (tertiary/aromatic N) is 1. The molecule has 0 radical (unpaired) electrons. The summed E-state index contributed by atoms with van der Waals surface area (Å²) in [7, 11) is 1.17. The first-order valence-electron chi connectivity index (χ1n) is 6.67. The molecule has 1 heterocycles. The van der Waals surface area contributed by atoms with E-state index in [0.29, 0.717) is 23.1 Å². The van der Waals surface area contributed by atoms with Crippen molar-refractivity contribution in [1.29, 1.82) is 0 Å². The molecule has 0 saturated carbocycles. The molecule has 1 fully saturated rings. The third-order valence-electron chi connectivity index (χ3n) is 2.91. The molecule has 0 atom stereocenters. The lowest BCUT2D eigenvalue weighted by Gasteiger charge is -2.09. The Hall–Kier alpha value is -2.81. The van der Waals surface area contributed by atoms with E-state index >= 15 is 0 Å². The highest BCUT2D eigenvalue weighted by Gasteiger charge is 2.36. The number of hydrogen-bond acceptors (Lipinski definition) is 7. The Morgan fingerprint density at radius 1 is 1.33 bits per heavy atom.